The van der Waals surface area contributed by atoms with Crippen molar-refractivity contribution >= 4 is 33.1 Å². The summed E-state index contributed by atoms with van der Waals surface area (Å²) in [6.07, 6.45) is 3.45. The molecule has 0 saturated carbocycles. The van der Waals surface area contributed by atoms with Gasteiger partial charge in [-0.15, -0.1) is 0 Å². The van der Waals surface area contributed by atoms with Crippen LogP contribution in [0.15, 0.2) is 35.1 Å². The Morgan fingerprint density at radius 2 is 2.19 bits per heavy atom. The Hall–Kier alpha value is -2.47. The van der Waals surface area contributed by atoms with Crippen molar-refractivity contribution < 1.29 is 13.9 Å². The van der Waals surface area contributed by atoms with Gasteiger partial charge in [-0.1, -0.05) is 0 Å². The predicted molar refractivity (Wildman–Crippen MR) is 127 cm³/mol. The molecule has 10 nitrogen and oxygen atoms in total. The number of anilines is 2. The van der Waals surface area contributed by atoms with E-state index >= 15 is 0 Å². The zero-order valence-electron chi connectivity index (χ0n) is 18.8. The minimum atomic E-state index is -0.775. The molecule has 2 atom stereocenters. The maximum atomic E-state index is 12.4. The predicted octanol–water partition coefficient (Wildman–Crippen LogP) is 1.84. The van der Waals surface area contributed by atoms with E-state index in [2.05, 4.69) is 32.0 Å². The van der Waals surface area contributed by atoms with Crippen LogP contribution in [0.4, 0.5) is 16.6 Å². The second kappa shape index (κ2) is 9.99. The van der Waals surface area contributed by atoms with Gasteiger partial charge >= 0.3 is 5.30 Å². The van der Waals surface area contributed by atoms with Crippen LogP contribution in [0, 0.1) is 0 Å². The van der Waals surface area contributed by atoms with Gasteiger partial charge in [0.1, 0.15) is 11.6 Å². The lowest BCUT2D eigenvalue weighted by Crippen LogP contribution is -2.63. The monoisotopic (exact) mass is 461 g/mol. The summed E-state index contributed by atoms with van der Waals surface area (Å²) in [5.41, 5.74) is -0.481. The summed E-state index contributed by atoms with van der Waals surface area (Å²) in [4.78, 5) is 23.9. The van der Waals surface area contributed by atoms with E-state index in [1.165, 1.54) is 0 Å². The molecule has 0 aliphatic carbocycles. The Labute approximate surface area is 191 Å². The lowest BCUT2D eigenvalue weighted by atomic mass is 10.1. The number of nitrogens with one attached hydrogen (secondary N) is 2. The molecule has 2 unspecified atom stereocenters. The highest BCUT2D eigenvalue weighted by molar-refractivity contribution is 8.26. The van der Waals surface area contributed by atoms with E-state index in [1.807, 2.05) is 42.4 Å². The number of nitrogens with zero attached hydrogens (tertiary/aromatic N) is 5. The molecule has 0 aromatic carbocycles. The number of carbonyl (C=O) groups excluding carboxylic acids is 1. The van der Waals surface area contributed by atoms with Crippen LogP contribution >= 0.6 is 10.7 Å². The zero-order chi connectivity index (χ0) is 22.6. The van der Waals surface area contributed by atoms with Crippen LogP contribution in [0.5, 0.6) is 0 Å². The average Bonchev–Trinajstić information content (AvgIpc) is 3.45. The SMILES string of the molecule is CCOC(=O)S1=CC(C)(N(c2nccc(N(C)Cc3ccco3)n2)N2CCNCC2)CN1. The minimum Gasteiger partial charge on any atom is -0.467 e. The fourth-order valence-electron chi connectivity index (χ4n) is 3.88. The van der Waals surface area contributed by atoms with Crippen molar-refractivity contribution in [3.8, 4) is 0 Å². The summed E-state index contributed by atoms with van der Waals surface area (Å²) >= 11 is 0. The lowest BCUT2D eigenvalue weighted by Gasteiger charge is -2.45. The number of hydrogen-bond acceptors (Lipinski definition) is 10. The van der Waals surface area contributed by atoms with Gasteiger partial charge in [0, 0.05) is 46.0 Å². The van der Waals surface area contributed by atoms with Gasteiger partial charge in [0.25, 0.3) is 0 Å². The van der Waals surface area contributed by atoms with Crippen molar-refractivity contribution in [3.63, 3.8) is 0 Å². The van der Waals surface area contributed by atoms with Crippen molar-refractivity contribution in [2.45, 2.75) is 25.9 Å². The van der Waals surface area contributed by atoms with Gasteiger partial charge < -0.3 is 19.4 Å². The molecular weight excluding hydrogens is 430 g/mol. The molecule has 2 aliphatic rings. The number of ether oxygens (including phenoxy) is 1. The molecule has 0 spiro atoms. The largest absolute Gasteiger partial charge is 0.467 e. The minimum absolute atomic E-state index is 0.232. The first-order valence-corrected chi connectivity index (χ1v) is 12.1. The number of rotatable bonds is 7. The van der Waals surface area contributed by atoms with Crippen LogP contribution in [-0.4, -0.2) is 77.6 Å². The first-order chi connectivity index (χ1) is 15.5. The molecule has 2 aliphatic heterocycles. The van der Waals surface area contributed by atoms with Crippen LogP contribution in [0.1, 0.15) is 19.6 Å². The second-order valence-corrected chi connectivity index (χ2v) is 9.52. The number of piperazine rings is 1. The second-order valence-electron chi connectivity index (χ2n) is 7.98. The van der Waals surface area contributed by atoms with Gasteiger partial charge in [0.15, 0.2) is 0 Å². The smallest absolute Gasteiger partial charge is 0.375 e. The molecule has 4 rings (SSSR count). The van der Waals surface area contributed by atoms with Crippen LogP contribution < -0.4 is 19.9 Å². The molecular formula is C21H31N7O3S. The van der Waals surface area contributed by atoms with Gasteiger partial charge in [-0.2, -0.15) is 4.98 Å². The number of hydrazine groups is 1. The van der Waals surface area contributed by atoms with E-state index in [9.17, 15) is 4.79 Å². The topological polar surface area (TPSA) is 99.0 Å². The third-order valence-electron chi connectivity index (χ3n) is 5.44. The van der Waals surface area contributed by atoms with E-state index in [0.29, 0.717) is 25.6 Å². The molecule has 174 valence electrons. The number of furan rings is 1. The molecule has 1 saturated heterocycles. The Morgan fingerprint density at radius 3 is 2.91 bits per heavy atom. The highest BCUT2D eigenvalue weighted by Crippen LogP contribution is 2.31. The van der Waals surface area contributed by atoms with Crippen molar-refractivity contribution in [3.05, 3.63) is 36.4 Å². The Balaban J connectivity index is 1.65. The standard InChI is InChI=1S/C21H31N7O3S/c1-4-30-20(29)32-16-21(2,15-24-32)28(27-11-9-22-10-12-27)19-23-8-7-18(25-19)26(3)14-17-6-5-13-31-17/h5-8,13,16,22,24H,4,9-12,14-15H2,1-3H3. The highest BCUT2D eigenvalue weighted by Gasteiger charge is 2.41. The molecule has 32 heavy (non-hydrogen) atoms. The van der Waals surface area contributed by atoms with Crippen LogP contribution in [0.3, 0.4) is 0 Å². The molecule has 0 radical (unpaired) electrons. The van der Waals surface area contributed by atoms with Crippen LogP contribution in [-0.2, 0) is 11.3 Å². The fraction of sp³-hybridized carbons (Fsp3) is 0.524. The molecule has 2 aromatic rings. The Kier molecular flexibility index (Phi) is 7.09. The molecule has 2 N–H and O–H groups in total. The molecule has 0 bridgehead atoms. The maximum absolute atomic E-state index is 12.4. The summed E-state index contributed by atoms with van der Waals surface area (Å²) < 4.78 is 14.0. The summed E-state index contributed by atoms with van der Waals surface area (Å²) in [6.45, 7) is 8.90. The van der Waals surface area contributed by atoms with Crippen molar-refractivity contribution in [1.29, 1.82) is 0 Å². The molecule has 4 heterocycles. The Morgan fingerprint density at radius 1 is 1.38 bits per heavy atom. The van der Waals surface area contributed by atoms with E-state index in [-0.39, 0.29) is 5.30 Å². The van der Waals surface area contributed by atoms with E-state index in [0.717, 1.165) is 37.8 Å². The number of hydrogen-bond donors (Lipinski definition) is 2. The summed E-state index contributed by atoms with van der Waals surface area (Å²) in [5, 5.41) is 9.60. The first kappa shape index (κ1) is 22.7. The van der Waals surface area contributed by atoms with Crippen LogP contribution in [0.25, 0.3) is 0 Å². The van der Waals surface area contributed by atoms with E-state index in [1.54, 1.807) is 12.5 Å². The number of carbonyl (C=O) groups is 1. The van der Waals surface area contributed by atoms with Gasteiger partial charge in [-0.3, -0.25) is 9.73 Å². The molecule has 11 heteroatoms. The highest BCUT2D eigenvalue weighted by atomic mass is 32.2. The molecule has 2 aromatic heterocycles. The van der Waals surface area contributed by atoms with Crippen molar-refractivity contribution in [1.82, 2.24) is 25.0 Å². The van der Waals surface area contributed by atoms with E-state index < -0.39 is 16.2 Å². The fourth-order valence-corrected chi connectivity index (χ4v) is 5.56. The first-order valence-electron chi connectivity index (χ1n) is 10.8. The van der Waals surface area contributed by atoms with Gasteiger partial charge in [-0.05, 0) is 48.1 Å². The third-order valence-corrected chi connectivity index (χ3v) is 7.12. The van der Waals surface area contributed by atoms with Crippen molar-refractivity contribution in [2.75, 3.05) is 56.3 Å². The molecule has 1 fully saturated rings. The molecule has 0 amide bonds. The third kappa shape index (κ3) is 4.96. The van der Waals surface area contributed by atoms with Crippen LogP contribution in [0.2, 0.25) is 0 Å². The zero-order valence-corrected chi connectivity index (χ0v) is 19.6. The van der Waals surface area contributed by atoms with E-state index in [4.69, 9.17) is 14.1 Å². The Bertz CT molecular complexity index is 949. The summed E-state index contributed by atoms with van der Waals surface area (Å²) in [5.74, 6) is 2.27. The maximum Gasteiger partial charge on any atom is 0.375 e. The quantitative estimate of drug-likeness (QED) is 0.469. The van der Waals surface area contributed by atoms with Crippen molar-refractivity contribution in [2.24, 2.45) is 0 Å². The summed E-state index contributed by atoms with van der Waals surface area (Å²) in [7, 11) is 1.20. The lowest BCUT2D eigenvalue weighted by molar-refractivity contribution is 0.181. The van der Waals surface area contributed by atoms with Gasteiger partial charge in [0.05, 0.1) is 25.0 Å². The van der Waals surface area contributed by atoms with Gasteiger partial charge in [-0.25, -0.2) is 14.8 Å². The number of aromatic nitrogens is 2. The van der Waals surface area contributed by atoms with Gasteiger partial charge in [0.2, 0.25) is 5.95 Å². The average molecular weight is 462 g/mol. The normalized spacial score (nSPS) is 23.5. The summed E-state index contributed by atoms with van der Waals surface area (Å²) in [6, 6.07) is 5.72.